The molecule has 0 aromatic carbocycles. The molecule has 2 rings (SSSR count). The van der Waals surface area contributed by atoms with Gasteiger partial charge in [-0.25, -0.2) is 4.79 Å². The molecular weight excluding hydrogens is 462 g/mol. The van der Waals surface area contributed by atoms with Gasteiger partial charge in [0.1, 0.15) is 6.23 Å². The Morgan fingerprint density at radius 2 is 1.61 bits per heavy atom. The standard InChI is InChI=1S/C26H43N5O5/c1-3-4-5-6-7-8-9-10-11-12-13-14-15-16-23(33)31-25(34)20(2)18-30(26(31)35)24-17-21(28-29-27)22(19-32)36-24/h18,21-22,24,32H,3-17,19H2,1-2H3/t21-,22+,24+/m0/s1. The van der Waals surface area contributed by atoms with Crippen LogP contribution in [-0.4, -0.2) is 38.9 Å². The first kappa shape index (κ1) is 29.8. The number of aliphatic hydroxyl groups is 1. The van der Waals surface area contributed by atoms with Gasteiger partial charge < -0.3 is 9.84 Å². The van der Waals surface area contributed by atoms with E-state index in [2.05, 4.69) is 16.9 Å². The summed E-state index contributed by atoms with van der Waals surface area (Å²) in [6.45, 7) is 3.40. The highest BCUT2D eigenvalue weighted by molar-refractivity contribution is 5.78. The zero-order valence-electron chi connectivity index (χ0n) is 21.9. The van der Waals surface area contributed by atoms with Gasteiger partial charge in [-0.05, 0) is 18.9 Å². The zero-order valence-corrected chi connectivity index (χ0v) is 21.9. The molecule has 0 spiro atoms. The summed E-state index contributed by atoms with van der Waals surface area (Å²) in [5, 5.41) is 13.1. The SMILES string of the molecule is CCCCCCCCCCCCCCCC(=O)n1c(=O)c(C)cn([C@H]2C[C@H](N=[N+]=[N-])[C@@H](CO)O2)c1=O. The van der Waals surface area contributed by atoms with Gasteiger partial charge in [0.05, 0.1) is 18.8 Å². The topological polar surface area (TPSA) is 139 Å². The molecular formula is C26H43N5O5. The number of rotatable bonds is 17. The van der Waals surface area contributed by atoms with E-state index in [-0.39, 0.29) is 25.0 Å². The predicted octanol–water partition coefficient (Wildman–Crippen LogP) is 5.40. The summed E-state index contributed by atoms with van der Waals surface area (Å²) < 4.78 is 7.55. The van der Waals surface area contributed by atoms with Crippen LogP contribution in [0.15, 0.2) is 20.9 Å². The predicted molar refractivity (Wildman–Crippen MR) is 139 cm³/mol. The maximum absolute atomic E-state index is 13.0. The lowest BCUT2D eigenvalue weighted by molar-refractivity contribution is -0.0276. The Morgan fingerprint density at radius 3 is 2.14 bits per heavy atom. The van der Waals surface area contributed by atoms with Crippen LogP contribution in [0.1, 0.15) is 120 Å². The molecule has 0 unspecified atom stereocenters. The molecule has 0 aliphatic carbocycles. The second kappa shape index (κ2) is 16.3. The summed E-state index contributed by atoms with van der Waals surface area (Å²) in [5.74, 6) is -0.520. The van der Waals surface area contributed by atoms with Crippen LogP contribution in [0.3, 0.4) is 0 Å². The number of carbonyl (C=O) groups excluding carboxylic acids is 1. The number of nitrogens with zero attached hydrogens (tertiary/aromatic N) is 5. The molecule has 0 saturated carbocycles. The third kappa shape index (κ3) is 8.91. The van der Waals surface area contributed by atoms with E-state index in [1.54, 1.807) is 0 Å². The van der Waals surface area contributed by atoms with E-state index in [1.165, 1.54) is 75.5 Å². The average molecular weight is 506 g/mol. The molecule has 2 heterocycles. The minimum atomic E-state index is -0.833. The molecule has 1 aromatic heterocycles. The molecule has 0 bridgehead atoms. The third-order valence-corrected chi connectivity index (χ3v) is 6.92. The van der Waals surface area contributed by atoms with E-state index in [0.29, 0.717) is 11.0 Å². The van der Waals surface area contributed by atoms with Gasteiger partial charge in [0, 0.05) is 29.5 Å². The lowest BCUT2D eigenvalue weighted by Crippen LogP contribution is -2.45. The molecule has 3 atom stereocenters. The Balaban J connectivity index is 1.80. The van der Waals surface area contributed by atoms with E-state index in [9.17, 15) is 19.5 Å². The van der Waals surface area contributed by atoms with Crippen LogP contribution < -0.4 is 11.2 Å². The van der Waals surface area contributed by atoms with Gasteiger partial charge in [-0.1, -0.05) is 89.1 Å². The first-order valence-corrected chi connectivity index (χ1v) is 13.6. The molecule has 1 aliphatic rings. The summed E-state index contributed by atoms with van der Waals surface area (Å²) >= 11 is 0. The molecule has 36 heavy (non-hydrogen) atoms. The number of hydrogen-bond donors (Lipinski definition) is 1. The summed E-state index contributed by atoms with van der Waals surface area (Å²) in [5.41, 5.74) is 7.57. The van der Waals surface area contributed by atoms with Gasteiger partial charge in [0.2, 0.25) is 5.91 Å². The highest BCUT2D eigenvalue weighted by Crippen LogP contribution is 2.29. The van der Waals surface area contributed by atoms with E-state index >= 15 is 0 Å². The third-order valence-electron chi connectivity index (χ3n) is 6.92. The molecule has 1 aliphatic heterocycles. The van der Waals surface area contributed by atoms with E-state index in [1.807, 2.05) is 0 Å². The average Bonchev–Trinajstić information content (AvgIpc) is 3.27. The normalized spacial score (nSPS) is 19.4. The molecule has 10 heteroatoms. The molecule has 1 aromatic rings. The Kier molecular flexibility index (Phi) is 13.5. The number of aromatic nitrogens is 2. The number of unbranched alkanes of at least 4 members (excludes halogenated alkanes) is 12. The highest BCUT2D eigenvalue weighted by atomic mass is 16.5. The maximum atomic E-state index is 13.0. The lowest BCUT2D eigenvalue weighted by Gasteiger charge is -2.17. The van der Waals surface area contributed by atoms with Gasteiger partial charge in [-0.3, -0.25) is 14.2 Å². The van der Waals surface area contributed by atoms with Crippen molar-refractivity contribution in [1.29, 1.82) is 0 Å². The van der Waals surface area contributed by atoms with E-state index in [4.69, 9.17) is 10.3 Å². The van der Waals surface area contributed by atoms with Crippen molar-refractivity contribution in [2.75, 3.05) is 6.61 Å². The molecule has 10 nitrogen and oxygen atoms in total. The Labute approximate surface area is 213 Å². The largest absolute Gasteiger partial charge is 0.394 e. The Bertz CT molecular complexity index is 982. The van der Waals surface area contributed by atoms with Crippen LogP contribution in [0.4, 0.5) is 0 Å². The van der Waals surface area contributed by atoms with Crippen LogP contribution in [-0.2, 0) is 4.74 Å². The minimum absolute atomic E-state index is 0.127. The number of hydrogen-bond acceptors (Lipinski definition) is 6. The van der Waals surface area contributed by atoms with Gasteiger partial charge in [0.25, 0.3) is 5.56 Å². The van der Waals surface area contributed by atoms with Gasteiger partial charge in [-0.2, -0.15) is 4.57 Å². The number of aliphatic hydroxyl groups excluding tert-OH is 1. The second-order valence-corrected chi connectivity index (χ2v) is 9.85. The second-order valence-electron chi connectivity index (χ2n) is 9.85. The van der Waals surface area contributed by atoms with Crippen molar-refractivity contribution in [1.82, 2.24) is 9.13 Å². The van der Waals surface area contributed by atoms with Crippen molar-refractivity contribution < 1.29 is 14.6 Å². The molecule has 1 fully saturated rings. The van der Waals surface area contributed by atoms with Crippen LogP contribution in [0.25, 0.3) is 10.4 Å². The van der Waals surface area contributed by atoms with Crippen LogP contribution in [0, 0.1) is 6.92 Å². The lowest BCUT2D eigenvalue weighted by atomic mass is 10.0. The minimum Gasteiger partial charge on any atom is -0.394 e. The number of azide groups is 1. The zero-order chi connectivity index (χ0) is 26.3. The number of carbonyl (C=O) groups is 1. The molecule has 202 valence electrons. The fraction of sp³-hybridized carbons (Fsp3) is 0.808. The first-order chi connectivity index (χ1) is 17.4. The molecule has 0 radical (unpaired) electrons. The molecule has 0 amide bonds. The van der Waals surface area contributed by atoms with E-state index in [0.717, 1.165) is 19.3 Å². The first-order valence-electron chi connectivity index (χ1n) is 13.6. The molecule has 1 N–H and O–H groups in total. The number of ether oxygens (including phenoxy) is 1. The highest BCUT2D eigenvalue weighted by Gasteiger charge is 2.36. The van der Waals surface area contributed by atoms with Crippen LogP contribution in [0.2, 0.25) is 0 Å². The summed E-state index contributed by atoms with van der Waals surface area (Å²) in [6, 6.07) is -0.640. The van der Waals surface area contributed by atoms with E-state index < -0.39 is 35.5 Å². The fourth-order valence-corrected chi connectivity index (χ4v) is 4.77. The molecule has 1 saturated heterocycles. The summed E-state index contributed by atoms with van der Waals surface area (Å²) in [4.78, 5) is 41.2. The summed E-state index contributed by atoms with van der Waals surface area (Å²) in [6.07, 6.45) is 15.5. The van der Waals surface area contributed by atoms with Gasteiger partial charge >= 0.3 is 5.69 Å². The van der Waals surface area contributed by atoms with Crippen molar-refractivity contribution >= 4 is 5.91 Å². The number of aryl methyl sites for hydroxylation is 1. The van der Waals surface area contributed by atoms with Crippen molar-refractivity contribution in [2.45, 2.75) is 129 Å². The van der Waals surface area contributed by atoms with Gasteiger partial charge in [-0.15, -0.1) is 0 Å². The maximum Gasteiger partial charge on any atom is 0.340 e. The van der Waals surface area contributed by atoms with Crippen molar-refractivity contribution in [3.63, 3.8) is 0 Å². The van der Waals surface area contributed by atoms with Crippen molar-refractivity contribution in [2.24, 2.45) is 5.11 Å². The quantitative estimate of drug-likeness (QED) is 0.131. The van der Waals surface area contributed by atoms with Gasteiger partial charge in [0.15, 0.2) is 0 Å². The van der Waals surface area contributed by atoms with Crippen molar-refractivity contribution in [3.8, 4) is 0 Å². The van der Waals surface area contributed by atoms with Crippen LogP contribution >= 0.6 is 0 Å². The smallest absolute Gasteiger partial charge is 0.340 e. The van der Waals surface area contributed by atoms with Crippen LogP contribution in [0.5, 0.6) is 0 Å². The summed E-state index contributed by atoms with van der Waals surface area (Å²) in [7, 11) is 0. The van der Waals surface area contributed by atoms with Crippen molar-refractivity contribution in [3.05, 3.63) is 43.0 Å². The monoisotopic (exact) mass is 505 g/mol. The Morgan fingerprint density at radius 1 is 1.06 bits per heavy atom. The fourth-order valence-electron chi connectivity index (χ4n) is 4.77. The Hall–Kier alpha value is -2.42.